The summed E-state index contributed by atoms with van der Waals surface area (Å²) in [6, 6.07) is 1.80. The van der Waals surface area contributed by atoms with E-state index in [0.29, 0.717) is 6.54 Å². The van der Waals surface area contributed by atoms with Crippen LogP contribution in [-0.2, 0) is 0 Å². The molecule has 3 nitrogen and oxygen atoms in total. The lowest BCUT2D eigenvalue weighted by molar-refractivity contribution is 0.413. The molecule has 1 aromatic rings. The third-order valence-corrected chi connectivity index (χ3v) is 1.49. The summed E-state index contributed by atoms with van der Waals surface area (Å²) in [6.45, 7) is 0.665. The molecule has 1 heterocycles. The number of ether oxygens (including phenoxy) is 1. The predicted molar refractivity (Wildman–Crippen MR) is 51.6 cm³/mol. The molecule has 0 radical (unpaired) electrons. The molecule has 0 aromatic carbocycles. The lowest BCUT2D eigenvalue weighted by Crippen LogP contribution is -2.04. The second-order valence-electron chi connectivity index (χ2n) is 2.41. The first kappa shape index (κ1) is 9.56. The van der Waals surface area contributed by atoms with Crippen LogP contribution in [0.5, 0.6) is 5.75 Å². The Bertz CT molecular complexity index is 325. The molecular formula is C10H12N2O. The van der Waals surface area contributed by atoms with Crippen molar-refractivity contribution in [1.29, 1.82) is 0 Å². The van der Waals surface area contributed by atoms with Crippen molar-refractivity contribution in [3.63, 3.8) is 0 Å². The van der Waals surface area contributed by atoms with Crippen molar-refractivity contribution in [3.8, 4) is 17.6 Å². The fourth-order valence-corrected chi connectivity index (χ4v) is 0.881. The van der Waals surface area contributed by atoms with E-state index in [9.17, 15) is 0 Å². The highest BCUT2D eigenvalue weighted by Gasteiger charge is 1.96. The molecule has 0 saturated heterocycles. The highest BCUT2D eigenvalue weighted by molar-refractivity contribution is 5.43. The van der Waals surface area contributed by atoms with Crippen molar-refractivity contribution >= 4 is 0 Å². The van der Waals surface area contributed by atoms with Crippen molar-refractivity contribution in [2.75, 3.05) is 20.7 Å². The number of nitrogens with zero attached hydrogens (tertiary/aromatic N) is 1. The van der Waals surface area contributed by atoms with Crippen LogP contribution in [-0.4, -0.2) is 25.7 Å². The van der Waals surface area contributed by atoms with Gasteiger partial charge in [-0.3, -0.25) is 4.98 Å². The molecule has 0 saturated carbocycles. The van der Waals surface area contributed by atoms with Gasteiger partial charge in [-0.1, -0.05) is 11.8 Å². The van der Waals surface area contributed by atoms with Crippen molar-refractivity contribution < 1.29 is 4.74 Å². The van der Waals surface area contributed by atoms with Gasteiger partial charge in [0, 0.05) is 12.4 Å². The maximum Gasteiger partial charge on any atom is 0.137 e. The van der Waals surface area contributed by atoms with Crippen LogP contribution in [0.2, 0.25) is 0 Å². The summed E-state index contributed by atoms with van der Waals surface area (Å²) in [5.41, 5.74) is 0.820. The number of nitrogens with one attached hydrogen (secondary N) is 1. The Balaban J connectivity index is 2.82. The molecule has 0 atom stereocenters. The molecule has 13 heavy (non-hydrogen) atoms. The molecule has 1 N–H and O–H groups in total. The number of rotatable bonds is 2. The van der Waals surface area contributed by atoms with Crippen LogP contribution >= 0.6 is 0 Å². The molecular weight excluding hydrogens is 164 g/mol. The highest BCUT2D eigenvalue weighted by atomic mass is 16.5. The van der Waals surface area contributed by atoms with Crippen molar-refractivity contribution in [2.45, 2.75) is 0 Å². The average molecular weight is 176 g/mol. The fourth-order valence-electron chi connectivity index (χ4n) is 0.881. The van der Waals surface area contributed by atoms with E-state index in [1.807, 2.05) is 7.05 Å². The summed E-state index contributed by atoms with van der Waals surface area (Å²) >= 11 is 0. The van der Waals surface area contributed by atoms with Gasteiger partial charge < -0.3 is 10.1 Å². The first-order valence-corrected chi connectivity index (χ1v) is 4.00. The summed E-state index contributed by atoms with van der Waals surface area (Å²) in [4.78, 5) is 3.97. The highest BCUT2D eigenvalue weighted by Crippen LogP contribution is 2.13. The standard InChI is InChI=1S/C10H12N2O/c1-11-6-3-4-9-8-12-7-5-10(9)13-2/h5,7-8,11H,6H2,1-2H3. The molecule has 0 spiro atoms. The van der Waals surface area contributed by atoms with Crippen LogP contribution in [0.3, 0.4) is 0 Å². The Morgan fingerprint density at radius 2 is 2.46 bits per heavy atom. The van der Waals surface area contributed by atoms with E-state index in [-0.39, 0.29) is 0 Å². The minimum absolute atomic E-state index is 0.665. The molecule has 0 aliphatic heterocycles. The zero-order valence-electron chi connectivity index (χ0n) is 7.79. The van der Waals surface area contributed by atoms with E-state index in [4.69, 9.17) is 4.74 Å². The summed E-state index contributed by atoms with van der Waals surface area (Å²) in [5, 5.41) is 2.94. The second kappa shape index (κ2) is 5.18. The van der Waals surface area contributed by atoms with E-state index in [1.165, 1.54) is 0 Å². The molecule has 0 unspecified atom stereocenters. The molecule has 3 heteroatoms. The molecule has 0 aliphatic carbocycles. The number of hydrogen-bond acceptors (Lipinski definition) is 3. The number of methoxy groups -OCH3 is 1. The van der Waals surface area contributed by atoms with Gasteiger partial charge in [0.05, 0.1) is 19.2 Å². The minimum atomic E-state index is 0.665. The predicted octanol–water partition coefficient (Wildman–Crippen LogP) is 0.661. The van der Waals surface area contributed by atoms with Crippen LogP contribution in [0.1, 0.15) is 5.56 Å². The van der Waals surface area contributed by atoms with E-state index in [0.717, 1.165) is 11.3 Å². The van der Waals surface area contributed by atoms with Crippen molar-refractivity contribution in [2.24, 2.45) is 0 Å². The maximum absolute atomic E-state index is 5.11. The Morgan fingerprint density at radius 3 is 3.15 bits per heavy atom. The van der Waals surface area contributed by atoms with Gasteiger partial charge in [0.15, 0.2) is 0 Å². The molecule has 0 amide bonds. The summed E-state index contributed by atoms with van der Waals surface area (Å²) in [6.07, 6.45) is 3.38. The average Bonchev–Trinajstić information content (AvgIpc) is 2.19. The lowest BCUT2D eigenvalue weighted by atomic mass is 10.2. The SMILES string of the molecule is CNCC#Cc1cnccc1OC. The van der Waals surface area contributed by atoms with E-state index in [1.54, 1.807) is 25.6 Å². The monoisotopic (exact) mass is 176 g/mol. The van der Waals surface area contributed by atoms with Crippen LogP contribution in [0.15, 0.2) is 18.5 Å². The molecule has 1 aromatic heterocycles. The van der Waals surface area contributed by atoms with Gasteiger partial charge in [0.25, 0.3) is 0 Å². The van der Waals surface area contributed by atoms with Crippen LogP contribution in [0.25, 0.3) is 0 Å². The Kier molecular flexibility index (Phi) is 3.80. The number of aromatic nitrogens is 1. The Labute approximate surface area is 78.1 Å². The van der Waals surface area contributed by atoms with Crippen molar-refractivity contribution in [1.82, 2.24) is 10.3 Å². The zero-order chi connectivity index (χ0) is 9.52. The van der Waals surface area contributed by atoms with Crippen LogP contribution in [0.4, 0.5) is 0 Å². The molecule has 0 fully saturated rings. The Morgan fingerprint density at radius 1 is 1.62 bits per heavy atom. The van der Waals surface area contributed by atoms with E-state index < -0.39 is 0 Å². The third kappa shape index (κ3) is 2.77. The fraction of sp³-hybridized carbons (Fsp3) is 0.300. The summed E-state index contributed by atoms with van der Waals surface area (Å²) < 4.78 is 5.11. The number of pyridine rings is 1. The summed E-state index contributed by atoms with van der Waals surface area (Å²) in [7, 11) is 3.48. The van der Waals surface area contributed by atoms with Gasteiger partial charge >= 0.3 is 0 Å². The number of hydrogen-bond donors (Lipinski definition) is 1. The maximum atomic E-state index is 5.11. The normalized spacial score (nSPS) is 8.77. The van der Waals surface area contributed by atoms with Gasteiger partial charge in [-0.2, -0.15) is 0 Å². The van der Waals surface area contributed by atoms with Gasteiger partial charge in [-0.15, -0.1) is 0 Å². The quantitative estimate of drug-likeness (QED) is 0.672. The molecule has 0 aliphatic rings. The first-order valence-electron chi connectivity index (χ1n) is 4.00. The second-order valence-corrected chi connectivity index (χ2v) is 2.41. The van der Waals surface area contributed by atoms with Gasteiger partial charge in [0.1, 0.15) is 5.75 Å². The molecule has 1 rings (SSSR count). The van der Waals surface area contributed by atoms with E-state index in [2.05, 4.69) is 22.1 Å². The first-order chi connectivity index (χ1) is 6.38. The lowest BCUT2D eigenvalue weighted by Gasteiger charge is -2.00. The minimum Gasteiger partial charge on any atom is -0.495 e. The van der Waals surface area contributed by atoms with Gasteiger partial charge in [0.2, 0.25) is 0 Å². The molecule has 68 valence electrons. The zero-order valence-corrected chi connectivity index (χ0v) is 7.79. The topological polar surface area (TPSA) is 34.2 Å². The smallest absolute Gasteiger partial charge is 0.137 e. The summed E-state index contributed by atoms with van der Waals surface area (Å²) in [5.74, 6) is 6.67. The van der Waals surface area contributed by atoms with Gasteiger partial charge in [-0.05, 0) is 13.1 Å². The largest absolute Gasteiger partial charge is 0.495 e. The third-order valence-electron chi connectivity index (χ3n) is 1.49. The van der Waals surface area contributed by atoms with Crippen LogP contribution < -0.4 is 10.1 Å². The van der Waals surface area contributed by atoms with Gasteiger partial charge in [-0.25, -0.2) is 0 Å². The van der Waals surface area contributed by atoms with Crippen LogP contribution in [0, 0.1) is 11.8 Å². The molecule has 0 bridgehead atoms. The Hall–Kier alpha value is -1.53. The van der Waals surface area contributed by atoms with E-state index >= 15 is 0 Å². The van der Waals surface area contributed by atoms with Crippen molar-refractivity contribution in [3.05, 3.63) is 24.0 Å².